The SMILES string of the molecule is CC(=O)N[C@@H](CC(C)C)C(=O)NC[C@@H]1CCCC[C@@H]1O. The molecule has 0 bridgehead atoms. The molecule has 0 aromatic carbocycles. The van der Waals surface area contributed by atoms with Crippen LogP contribution in [0.25, 0.3) is 0 Å². The quantitative estimate of drug-likeness (QED) is 0.686. The molecule has 1 rings (SSSR count). The lowest BCUT2D eigenvalue weighted by atomic mass is 9.86. The van der Waals surface area contributed by atoms with Crippen molar-refractivity contribution in [3.05, 3.63) is 0 Å². The highest BCUT2D eigenvalue weighted by Gasteiger charge is 2.25. The van der Waals surface area contributed by atoms with Crippen LogP contribution in [-0.2, 0) is 9.59 Å². The number of hydrogen-bond donors (Lipinski definition) is 3. The van der Waals surface area contributed by atoms with Crippen LogP contribution in [0, 0.1) is 11.8 Å². The molecule has 0 radical (unpaired) electrons. The zero-order chi connectivity index (χ0) is 15.1. The maximum Gasteiger partial charge on any atom is 0.242 e. The molecule has 0 unspecified atom stereocenters. The molecule has 0 heterocycles. The van der Waals surface area contributed by atoms with E-state index in [1.165, 1.54) is 6.92 Å². The Kier molecular flexibility index (Phi) is 6.99. The summed E-state index contributed by atoms with van der Waals surface area (Å²) in [6.45, 7) is 5.96. The molecule has 1 fully saturated rings. The van der Waals surface area contributed by atoms with Gasteiger partial charge in [-0.3, -0.25) is 9.59 Å². The summed E-state index contributed by atoms with van der Waals surface area (Å²) in [5.74, 6) is 0.137. The first-order valence-electron chi connectivity index (χ1n) is 7.63. The van der Waals surface area contributed by atoms with E-state index in [4.69, 9.17) is 0 Å². The molecule has 20 heavy (non-hydrogen) atoms. The highest BCUT2D eigenvalue weighted by atomic mass is 16.3. The van der Waals surface area contributed by atoms with Crippen molar-refractivity contribution >= 4 is 11.8 Å². The Labute approximate surface area is 121 Å². The number of rotatable bonds is 6. The van der Waals surface area contributed by atoms with Crippen LogP contribution in [0.5, 0.6) is 0 Å². The normalized spacial score (nSPS) is 24.2. The van der Waals surface area contributed by atoms with Crippen molar-refractivity contribution in [1.29, 1.82) is 0 Å². The largest absolute Gasteiger partial charge is 0.393 e. The van der Waals surface area contributed by atoms with Gasteiger partial charge in [0.25, 0.3) is 0 Å². The molecule has 2 amide bonds. The van der Waals surface area contributed by atoms with Gasteiger partial charge in [-0.15, -0.1) is 0 Å². The molecular weight excluding hydrogens is 256 g/mol. The summed E-state index contributed by atoms with van der Waals surface area (Å²) >= 11 is 0. The maximum atomic E-state index is 12.2. The summed E-state index contributed by atoms with van der Waals surface area (Å²) in [6.07, 6.45) is 4.26. The molecule has 1 aliphatic rings. The lowest BCUT2D eigenvalue weighted by molar-refractivity contribution is -0.128. The van der Waals surface area contributed by atoms with Gasteiger partial charge in [0, 0.05) is 19.4 Å². The average molecular weight is 284 g/mol. The summed E-state index contributed by atoms with van der Waals surface area (Å²) in [5, 5.41) is 15.5. The Morgan fingerprint density at radius 3 is 2.45 bits per heavy atom. The van der Waals surface area contributed by atoms with E-state index in [-0.39, 0.29) is 23.8 Å². The van der Waals surface area contributed by atoms with Crippen molar-refractivity contribution in [2.24, 2.45) is 11.8 Å². The number of carbonyl (C=O) groups is 2. The van der Waals surface area contributed by atoms with Crippen LogP contribution in [0.3, 0.4) is 0 Å². The van der Waals surface area contributed by atoms with Gasteiger partial charge in [-0.2, -0.15) is 0 Å². The second kappa shape index (κ2) is 8.25. The third-order valence-corrected chi connectivity index (χ3v) is 3.81. The Morgan fingerprint density at radius 2 is 1.90 bits per heavy atom. The van der Waals surface area contributed by atoms with Crippen LogP contribution >= 0.6 is 0 Å². The lowest BCUT2D eigenvalue weighted by Crippen LogP contribution is -2.48. The Balaban J connectivity index is 2.45. The smallest absolute Gasteiger partial charge is 0.242 e. The van der Waals surface area contributed by atoms with Crippen molar-refractivity contribution in [2.45, 2.75) is 65.0 Å². The van der Waals surface area contributed by atoms with Gasteiger partial charge in [0.1, 0.15) is 6.04 Å². The minimum Gasteiger partial charge on any atom is -0.393 e. The zero-order valence-electron chi connectivity index (χ0n) is 12.8. The van der Waals surface area contributed by atoms with Crippen molar-refractivity contribution in [1.82, 2.24) is 10.6 Å². The molecule has 0 aliphatic heterocycles. The third kappa shape index (κ3) is 5.90. The molecule has 0 aromatic heterocycles. The van der Waals surface area contributed by atoms with E-state index in [1.807, 2.05) is 13.8 Å². The molecule has 0 saturated heterocycles. The first-order chi connectivity index (χ1) is 9.40. The minimum atomic E-state index is -0.478. The summed E-state index contributed by atoms with van der Waals surface area (Å²) in [7, 11) is 0. The molecule has 1 aliphatic carbocycles. The number of hydrogen-bond acceptors (Lipinski definition) is 3. The fourth-order valence-corrected chi connectivity index (χ4v) is 2.73. The number of nitrogens with one attached hydrogen (secondary N) is 2. The minimum absolute atomic E-state index is 0.143. The second-order valence-electron chi connectivity index (χ2n) is 6.24. The van der Waals surface area contributed by atoms with Crippen LogP contribution in [0.1, 0.15) is 52.9 Å². The molecule has 5 nitrogen and oxygen atoms in total. The van der Waals surface area contributed by atoms with E-state index in [9.17, 15) is 14.7 Å². The van der Waals surface area contributed by atoms with E-state index in [0.717, 1.165) is 25.7 Å². The molecule has 1 saturated carbocycles. The molecule has 3 atom stereocenters. The molecule has 3 N–H and O–H groups in total. The van der Waals surface area contributed by atoms with Crippen molar-refractivity contribution in [3.63, 3.8) is 0 Å². The highest BCUT2D eigenvalue weighted by molar-refractivity contribution is 5.86. The van der Waals surface area contributed by atoms with Gasteiger partial charge in [0.15, 0.2) is 0 Å². The fourth-order valence-electron chi connectivity index (χ4n) is 2.73. The van der Waals surface area contributed by atoms with Gasteiger partial charge in [0.05, 0.1) is 6.10 Å². The number of carbonyl (C=O) groups excluding carboxylic acids is 2. The van der Waals surface area contributed by atoms with E-state index < -0.39 is 6.04 Å². The van der Waals surface area contributed by atoms with E-state index in [1.54, 1.807) is 0 Å². The van der Waals surface area contributed by atoms with E-state index in [0.29, 0.717) is 18.9 Å². The standard InChI is InChI=1S/C15H28N2O3/c1-10(2)8-13(17-11(3)18)15(20)16-9-12-6-4-5-7-14(12)19/h10,12-14,19H,4-9H2,1-3H3,(H,16,20)(H,17,18)/t12-,13-,14-/m0/s1. The maximum absolute atomic E-state index is 12.2. The first kappa shape index (κ1) is 17.0. The van der Waals surface area contributed by atoms with Crippen LogP contribution in [-0.4, -0.2) is 35.6 Å². The molecule has 116 valence electrons. The van der Waals surface area contributed by atoms with Crippen LogP contribution in [0.4, 0.5) is 0 Å². The second-order valence-corrected chi connectivity index (χ2v) is 6.24. The zero-order valence-corrected chi connectivity index (χ0v) is 12.8. The van der Waals surface area contributed by atoms with Gasteiger partial charge >= 0.3 is 0 Å². The highest BCUT2D eigenvalue weighted by Crippen LogP contribution is 2.23. The summed E-state index contributed by atoms with van der Waals surface area (Å²) < 4.78 is 0. The summed E-state index contributed by atoms with van der Waals surface area (Å²) in [6, 6.07) is -0.478. The van der Waals surface area contributed by atoms with Gasteiger partial charge in [-0.25, -0.2) is 0 Å². The van der Waals surface area contributed by atoms with Gasteiger partial charge < -0.3 is 15.7 Å². The van der Waals surface area contributed by atoms with Crippen molar-refractivity contribution in [3.8, 4) is 0 Å². The van der Waals surface area contributed by atoms with Gasteiger partial charge in [-0.1, -0.05) is 26.7 Å². The topological polar surface area (TPSA) is 78.4 Å². The third-order valence-electron chi connectivity index (χ3n) is 3.81. The lowest BCUT2D eigenvalue weighted by Gasteiger charge is -2.28. The number of amides is 2. The van der Waals surface area contributed by atoms with Crippen molar-refractivity contribution in [2.75, 3.05) is 6.54 Å². The molecule has 5 heteroatoms. The predicted octanol–water partition coefficient (Wildman–Crippen LogP) is 1.20. The fraction of sp³-hybridized carbons (Fsp3) is 0.867. The number of aliphatic hydroxyl groups excluding tert-OH is 1. The molecule has 0 aromatic rings. The van der Waals surface area contributed by atoms with E-state index >= 15 is 0 Å². The molecular formula is C15H28N2O3. The van der Waals surface area contributed by atoms with E-state index in [2.05, 4.69) is 10.6 Å². The summed E-state index contributed by atoms with van der Waals surface area (Å²) in [5.41, 5.74) is 0. The number of aliphatic hydroxyl groups is 1. The predicted molar refractivity (Wildman–Crippen MR) is 78.0 cm³/mol. The van der Waals surface area contributed by atoms with Crippen LogP contribution in [0.2, 0.25) is 0 Å². The van der Waals surface area contributed by atoms with Gasteiger partial charge in [0.2, 0.25) is 11.8 Å². The van der Waals surface area contributed by atoms with Crippen LogP contribution < -0.4 is 10.6 Å². The Morgan fingerprint density at radius 1 is 1.25 bits per heavy atom. The monoisotopic (exact) mass is 284 g/mol. The van der Waals surface area contributed by atoms with Crippen LogP contribution in [0.15, 0.2) is 0 Å². The van der Waals surface area contributed by atoms with Gasteiger partial charge in [-0.05, 0) is 25.2 Å². The summed E-state index contributed by atoms with van der Waals surface area (Å²) in [4.78, 5) is 23.3. The first-order valence-corrected chi connectivity index (χ1v) is 7.63. The Bertz CT molecular complexity index is 331. The molecule has 0 spiro atoms. The average Bonchev–Trinajstić information content (AvgIpc) is 2.35. The Hall–Kier alpha value is -1.10. The van der Waals surface area contributed by atoms with Crippen molar-refractivity contribution < 1.29 is 14.7 Å².